The molecule has 1 aliphatic carbocycles. The number of anilines is 1. The first-order valence-corrected chi connectivity index (χ1v) is 10.3. The zero-order valence-electron chi connectivity index (χ0n) is 18.3. The molecule has 1 aliphatic rings. The molecular weight excluding hydrogens is 401 g/mol. The van der Waals surface area contributed by atoms with Crippen LogP contribution in [0, 0.1) is 12.7 Å². The van der Waals surface area contributed by atoms with E-state index in [1.807, 2.05) is 0 Å². The van der Waals surface area contributed by atoms with Crippen molar-refractivity contribution >= 4 is 23.5 Å². The van der Waals surface area contributed by atoms with E-state index in [0.29, 0.717) is 22.8 Å². The third-order valence-electron chi connectivity index (χ3n) is 5.13. The van der Waals surface area contributed by atoms with Gasteiger partial charge in [0, 0.05) is 24.4 Å². The Hall–Kier alpha value is -3.23. The minimum atomic E-state index is -0.693. The number of carbonyl (C=O) groups excluding carboxylic acids is 2. The summed E-state index contributed by atoms with van der Waals surface area (Å²) >= 11 is 0. The molecule has 3 aromatic rings. The number of amides is 1. The fourth-order valence-electron chi connectivity index (χ4n) is 3.21. The average Bonchev–Trinajstić information content (AvgIpc) is 3.31. The molecule has 164 valence electrons. The third-order valence-corrected chi connectivity index (χ3v) is 5.13. The van der Waals surface area contributed by atoms with Crippen molar-refractivity contribution in [2.75, 3.05) is 5.32 Å². The molecular formula is C22H26FN5O3. The van der Waals surface area contributed by atoms with Crippen LogP contribution in [0.2, 0.25) is 0 Å². The Labute approximate surface area is 179 Å². The van der Waals surface area contributed by atoms with Crippen LogP contribution in [0.25, 0.3) is 5.65 Å². The van der Waals surface area contributed by atoms with Crippen LogP contribution in [-0.4, -0.2) is 36.8 Å². The maximum absolute atomic E-state index is 13.8. The summed E-state index contributed by atoms with van der Waals surface area (Å²) in [6.45, 7) is 8.67. The monoisotopic (exact) mass is 427 g/mol. The normalized spacial score (nSPS) is 15.2. The van der Waals surface area contributed by atoms with Gasteiger partial charge in [-0.15, -0.1) is 4.68 Å². The molecule has 1 saturated carbocycles. The van der Waals surface area contributed by atoms with Crippen LogP contribution in [0.3, 0.4) is 0 Å². The fourth-order valence-corrected chi connectivity index (χ4v) is 3.21. The van der Waals surface area contributed by atoms with Gasteiger partial charge in [-0.2, -0.15) is 5.10 Å². The molecule has 8 nitrogen and oxygen atoms in total. The molecule has 0 saturated heterocycles. The molecule has 0 bridgehead atoms. The van der Waals surface area contributed by atoms with Gasteiger partial charge >= 0.3 is 6.09 Å². The number of hydrogen-bond acceptors (Lipinski definition) is 5. The smallest absolute Gasteiger partial charge is 0.437 e. The van der Waals surface area contributed by atoms with Crippen LogP contribution in [0.5, 0.6) is 0 Å². The van der Waals surface area contributed by atoms with Gasteiger partial charge in [-0.25, -0.2) is 14.2 Å². The van der Waals surface area contributed by atoms with Crippen LogP contribution >= 0.6 is 0 Å². The Morgan fingerprint density at radius 2 is 1.97 bits per heavy atom. The molecule has 1 atom stereocenters. The standard InChI is InChI=1S/C22H26FN5O3/c1-12-8-18-24-17(11-27(18)10-15(12)23)13(2)20(29)25-19-9-16(14-6-7-14)26-28(19)21(30)31-22(3,4)5/h8-11,13-14H,6-7H2,1-5H3,(H,25,29). The van der Waals surface area contributed by atoms with Gasteiger partial charge in [-0.1, -0.05) is 0 Å². The Morgan fingerprint density at radius 3 is 2.61 bits per heavy atom. The number of ether oxygens (including phenoxy) is 1. The van der Waals surface area contributed by atoms with E-state index in [0.717, 1.165) is 23.2 Å². The number of nitrogens with zero attached hydrogens (tertiary/aromatic N) is 4. The van der Waals surface area contributed by atoms with Crippen LogP contribution in [0.4, 0.5) is 15.0 Å². The van der Waals surface area contributed by atoms with E-state index >= 15 is 0 Å². The summed E-state index contributed by atoms with van der Waals surface area (Å²) in [5.74, 6) is -0.767. The number of aryl methyl sites for hydroxylation is 1. The first-order valence-electron chi connectivity index (χ1n) is 10.3. The van der Waals surface area contributed by atoms with Crippen molar-refractivity contribution in [3.63, 3.8) is 0 Å². The maximum atomic E-state index is 13.8. The number of nitrogens with one attached hydrogen (secondary N) is 1. The summed E-state index contributed by atoms with van der Waals surface area (Å²) in [5, 5.41) is 7.14. The molecule has 0 spiro atoms. The number of rotatable bonds is 4. The van der Waals surface area contributed by atoms with Gasteiger partial charge < -0.3 is 14.5 Å². The predicted molar refractivity (Wildman–Crippen MR) is 113 cm³/mol. The van der Waals surface area contributed by atoms with Crippen LogP contribution in [0.15, 0.2) is 24.5 Å². The number of imidazole rings is 1. The van der Waals surface area contributed by atoms with E-state index in [1.165, 1.54) is 6.20 Å². The molecule has 3 aromatic heterocycles. The number of carbonyl (C=O) groups is 2. The summed E-state index contributed by atoms with van der Waals surface area (Å²) in [6.07, 6.45) is 4.33. The average molecular weight is 427 g/mol. The highest BCUT2D eigenvalue weighted by atomic mass is 19.1. The largest absolute Gasteiger partial charge is 0.442 e. The van der Waals surface area contributed by atoms with Crippen molar-refractivity contribution in [3.8, 4) is 0 Å². The molecule has 4 rings (SSSR count). The van der Waals surface area contributed by atoms with Crippen LogP contribution in [0.1, 0.15) is 69.3 Å². The number of fused-ring (bicyclic) bond motifs is 1. The summed E-state index contributed by atoms with van der Waals surface area (Å²) in [7, 11) is 0. The first-order chi connectivity index (χ1) is 14.5. The molecule has 9 heteroatoms. The molecule has 0 aliphatic heterocycles. The van der Waals surface area contributed by atoms with Crippen molar-refractivity contribution in [3.05, 3.63) is 47.3 Å². The van der Waals surface area contributed by atoms with Gasteiger partial charge in [0.2, 0.25) is 5.91 Å². The first kappa shape index (κ1) is 21.0. The molecule has 1 amide bonds. The van der Waals surface area contributed by atoms with Gasteiger partial charge in [0.25, 0.3) is 0 Å². The number of hydrogen-bond donors (Lipinski definition) is 1. The topological polar surface area (TPSA) is 90.5 Å². The van der Waals surface area contributed by atoms with E-state index in [1.54, 1.807) is 57.3 Å². The molecule has 1 fully saturated rings. The summed E-state index contributed by atoms with van der Waals surface area (Å²) in [5.41, 5.74) is 1.60. The fraction of sp³-hybridized carbons (Fsp3) is 0.455. The summed E-state index contributed by atoms with van der Waals surface area (Å²) in [4.78, 5) is 30.0. The second-order valence-corrected chi connectivity index (χ2v) is 9.07. The van der Waals surface area contributed by atoms with E-state index in [4.69, 9.17) is 4.74 Å². The molecule has 1 unspecified atom stereocenters. The highest BCUT2D eigenvalue weighted by Gasteiger charge is 2.31. The van der Waals surface area contributed by atoms with Crippen molar-refractivity contribution < 1.29 is 18.7 Å². The minimum Gasteiger partial charge on any atom is -0.442 e. The maximum Gasteiger partial charge on any atom is 0.437 e. The molecule has 0 aromatic carbocycles. The summed E-state index contributed by atoms with van der Waals surface area (Å²) in [6, 6.07) is 3.34. The van der Waals surface area contributed by atoms with Crippen molar-refractivity contribution in [2.24, 2.45) is 0 Å². The second kappa shape index (κ2) is 7.47. The zero-order chi connectivity index (χ0) is 22.5. The highest BCUT2D eigenvalue weighted by Crippen LogP contribution is 2.40. The Kier molecular flexibility index (Phi) is 5.07. The van der Waals surface area contributed by atoms with Gasteiger partial charge in [-0.3, -0.25) is 4.79 Å². The van der Waals surface area contributed by atoms with Crippen LogP contribution < -0.4 is 5.32 Å². The molecule has 31 heavy (non-hydrogen) atoms. The van der Waals surface area contributed by atoms with Gasteiger partial charge in [0.1, 0.15) is 22.9 Å². The van der Waals surface area contributed by atoms with Crippen molar-refractivity contribution in [1.29, 1.82) is 0 Å². The number of aromatic nitrogens is 4. The minimum absolute atomic E-state index is 0.263. The Morgan fingerprint density at radius 1 is 1.26 bits per heavy atom. The lowest BCUT2D eigenvalue weighted by Crippen LogP contribution is -2.30. The van der Waals surface area contributed by atoms with E-state index in [-0.39, 0.29) is 17.5 Å². The lowest BCUT2D eigenvalue weighted by atomic mass is 10.1. The molecule has 1 N–H and O–H groups in total. The Balaban J connectivity index is 1.58. The predicted octanol–water partition coefficient (Wildman–Crippen LogP) is 4.38. The van der Waals surface area contributed by atoms with Gasteiger partial charge in [0.05, 0.1) is 17.3 Å². The quantitative estimate of drug-likeness (QED) is 0.667. The highest BCUT2D eigenvalue weighted by molar-refractivity contribution is 5.96. The second-order valence-electron chi connectivity index (χ2n) is 9.07. The van der Waals surface area contributed by atoms with E-state index in [2.05, 4.69) is 15.4 Å². The molecule has 3 heterocycles. The van der Waals surface area contributed by atoms with E-state index in [9.17, 15) is 14.0 Å². The summed E-state index contributed by atoms with van der Waals surface area (Å²) < 4.78 is 21.9. The lowest BCUT2D eigenvalue weighted by molar-refractivity contribution is -0.117. The SMILES string of the molecule is Cc1cc2nc(C(C)C(=O)Nc3cc(C4CC4)nn3C(=O)OC(C)(C)C)cn2cc1F. The van der Waals surface area contributed by atoms with E-state index < -0.39 is 17.6 Å². The lowest BCUT2D eigenvalue weighted by Gasteiger charge is -2.20. The Bertz CT molecular complexity index is 1130. The van der Waals surface area contributed by atoms with Crippen molar-refractivity contribution in [1.82, 2.24) is 19.2 Å². The number of pyridine rings is 1. The zero-order valence-corrected chi connectivity index (χ0v) is 18.3. The van der Waals surface area contributed by atoms with Crippen molar-refractivity contribution in [2.45, 2.75) is 64.9 Å². The third kappa shape index (κ3) is 4.45. The molecule has 0 radical (unpaired) electrons. The van der Waals surface area contributed by atoms with Gasteiger partial charge in [-0.05, 0) is 59.1 Å². The van der Waals surface area contributed by atoms with Crippen LogP contribution in [-0.2, 0) is 9.53 Å². The number of halogens is 1. The van der Waals surface area contributed by atoms with Gasteiger partial charge in [0.15, 0.2) is 0 Å².